The van der Waals surface area contributed by atoms with E-state index in [2.05, 4.69) is 38.7 Å². The minimum atomic E-state index is 0.983. The second-order valence-electron chi connectivity index (χ2n) is 3.48. The number of rotatable bonds is 1. The molecule has 0 aliphatic carbocycles. The van der Waals surface area contributed by atoms with E-state index in [0.717, 1.165) is 8.58 Å². The Morgan fingerprint density at radius 1 is 1.00 bits per heavy atom. The summed E-state index contributed by atoms with van der Waals surface area (Å²) in [5, 5.41) is 1.56. The zero-order chi connectivity index (χ0) is 8.72. The molecule has 0 saturated heterocycles. The third-order valence-corrected chi connectivity index (χ3v) is 3.06. The molecule has 1 aliphatic rings. The van der Waals surface area contributed by atoms with Crippen LogP contribution in [0, 0.1) is 20.8 Å². The molecule has 0 bridgehead atoms. The molecule has 0 radical (unpaired) electrons. The lowest BCUT2D eigenvalue weighted by atomic mass is 10.0. The van der Waals surface area contributed by atoms with Gasteiger partial charge in [0.05, 0.1) is 0 Å². The van der Waals surface area contributed by atoms with Gasteiger partial charge in [0.2, 0.25) is 0 Å². The molecule has 62 valence electrons. The second-order valence-corrected chi connectivity index (χ2v) is 4.59. The smallest absolute Gasteiger partial charge is 0.0120 e. The molecule has 0 aromatic heterocycles. The summed E-state index contributed by atoms with van der Waals surface area (Å²) in [6.07, 6.45) is 0. The highest BCUT2D eigenvalue weighted by Gasteiger charge is 2.14. The van der Waals surface area contributed by atoms with Crippen molar-refractivity contribution in [3.05, 3.63) is 40.2 Å². The number of aryl methyl sites for hydroxylation is 3. The molecule has 12 heavy (non-hydrogen) atoms. The first-order valence-corrected chi connectivity index (χ1v) is 5.31. The third kappa shape index (κ3) is 1.32. The van der Waals surface area contributed by atoms with E-state index in [1.807, 2.05) is 0 Å². The minimum absolute atomic E-state index is 0.983. The molecular weight excluding hydrogens is 163 g/mol. The van der Waals surface area contributed by atoms with Crippen molar-refractivity contribution in [1.82, 2.24) is 0 Å². The van der Waals surface area contributed by atoms with Gasteiger partial charge in [-0.2, -0.15) is 0 Å². The van der Waals surface area contributed by atoms with Crippen LogP contribution in [0.3, 0.4) is 0 Å². The normalized spacial score (nSPS) is 16.4. The summed E-state index contributed by atoms with van der Waals surface area (Å²) in [6.45, 7) is 6.57. The number of hydrogen-bond acceptors (Lipinski definition) is 0. The quantitative estimate of drug-likeness (QED) is 0.573. The summed E-state index contributed by atoms with van der Waals surface area (Å²) in [5.74, 6) is 2.32. The van der Waals surface area contributed by atoms with Crippen molar-refractivity contribution in [3.8, 4) is 0 Å². The van der Waals surface area contributed by atoms with Gasteiger partial charge in [-0.05, 0) is 42.8 Å². The molecule has 0 amide bonds. The molecule has 0 fully saturated rings. The molecule has 1 unspecified atom stereocenters. The number of benzene rings is 1. The molecule has 1 heteroatoms. The molecule has 1 aromatic carbocycles. The SMILES string of the molecule is Cc1cc(C)c(C2=CP2)c(C)c1. The highest BCUT2D eigenvalue weighted by atomic mass is 31.1. The molecule has 0 saturated carbocycles. The average molecular weight is 176 g/mol. The Balaban J connectivity index is 2.59. The topological polar surface area (TPSA) is 0 Å². The van der Waals surface area contributed by atoms with E-state index < -0.39 is 0 Å². The van der Waals surface area contributed by atoms with Gasteiger partial charge < -0.3 is 0 Å². The van der Waals surface area contributed by atoms with Crippen molar-refractivity contribution in [1.29, 1.82) is 0 Å². The van der Waals surface area contributed by atoms with Gasteiger partial charge in [0.1, 0.15) is 0 Å². The lowest BCUT2D eigenvalue weighted by Crippen LogP contribution is -1.88. The van der Waals surface area contributed by atoms with E-state index in [-0.39, 0.29) is 0 Å². The van der Waals surface area contributed by atoms with Gasteiger partial charge in [0.15, 0.2) is 0 Å². The third-order valence-electron chi connectivity index (χ3n) is 2.24. The van der Waals surface area contributed by atoms with Crippen LogP contribution in [0.25, 0.3) is 5.31 Å². The van der Waals surface area contributed by atoms with Crippen molar-refractivity contribution in [3.63, 3.8) is 0 Å². The maximum absolute atomic E-state index is 2.32. The van der Waals surface area contributed by atoms with E-state index in [9.17, 15) is 0 Å². The van der Waals surface area contributed by atoms with Gasteiger partial charge in [0.25, 0.3) is 0 Å². The Morgan fingerprint density at radius 2 is 1.50 bits per heavy atom. The molecule has 1 aliphatic heterocycles. The van der Waals surface area contributed by atoms with Crippen LogP contribution in [0.1, 0.15) is 22.3 Å². The first kappa shape index (κ1) is 8.01. The fourth-order valence-corrected chi connectivity index (χ4v) is 2.54. The van der Waals surface area contributed by atoms with Crippen molar-refractivity contribution in [2.45, 2.75) is 20.8 Å². The van der Waals surface area contributed by atoms with Gasteiger partial charge in [-0.3, -0.25) is 0 Å². The highest BCUT2D eigenvalue weighted by Crippen LogP contribution is 2.52. The largest absolute Gasteiger partial charge is 0.0656 e. The van der Waals surface area contributed by atoms with E-state index >= 15 is 0 Å². The van der Waals surface area contributed by atoms with Crippen LogP contribution in [0.2, 0.25) is 0 Å². The predicted octanol–water partition coefficient (Wildman–Crippen LogP) is 3.60. The summed E-state index contributed by atoms with van der Waals surface area (Å²) in [4.78, 5) is 0. The Labute approximate surface area is 75.5 Å². The van der Waals surface area contributed by atoms with Gasteiger partial charge in [-0.25, -0.2) is 0 Å². The first-order valence-electron chi connectivity index (χ1n) is 4.23. The van der Waals surface area contributed by atoms with E-state index in [1.165, 1.54) is 22.3 Å². The Kier molecular flexibility index (Phi) is 1.81. The van der Waals surface area contributed by atoms with Crippen LogP contribution >= 0.6 is 8.58 Å². The van der Waals surface area contributed by atoms with Crippen LogP contribution in [0.4, 0.5) is 0 Å². The first-order chi connectivity index (χ1) is 5.68. The van der Waals surface area contributed by atoms with Crippen LogP contribution < -0.4 is 0 Å². The summed E-state index contributed by atoms with van der Waals surface area (Å²) in [7, 11) is 0.983. The zero-order valence-electron chi connectivity index (χ0n) is 7.73. The maximum Gasteiger partial charge on any atom is -0.0120 e. The summed E-state index contributed by atoms with van der Waals surface area (Å²) in [5.41, 5.74) is 5.74. The molecule has 1 atom stereocenters. The summed E-state index contributed by atoms with van der Waals surface area (Å²) in [6, 6.07) is 4.54. The highest BCUT2D eigenvalue weighted by molar-refractivity contribution is 7.63. The fourth-order valence-electron chi connectivity index (χ4n) is 1.79. The van der Waals surface area contributed by atoms with Gasteiger partial charge in [0, 0.05) is 0 Å². The minimum Gasteiger partial charge on any atom is -0.0656 e. The van der Waals surface area contributed by atoms with Crippen LogP contribution in [0.15, 0.2) is 17.9 Å². The Morgan fingerprint density at radius 3 is 1.92 bits per heavy atom. The van der Waals surface area contributed by atoms with Crippen molar-refractivity contribution >= 4 is 13.9 Å². The van der Waals surface area contributed by atoms with Crippen LogP contribution in [0.5, 0.6) is 0 Å². The predicted molar refractivity (Wildman–Crippen MR) is 56.9 cm³/mol. The van der Waals surface area contributed by atoms with Crippen molar-refractivity contribution < 1.29 is 0 Å². The Bertz CT molecular complexity index is 338. The molecule has 0 nitrogen and oxygen atoms in total. The van der Waals surface area contributed by atoms with Crippen LogP contribution in [-0.4, -0.2) is 0 Å². The van der Waals surface area contributed by atoms with Crippen LogP contribution in [-0.2, 0) is 0 Å². The molecule has 1 aromatic rings. The number of hydrogen-bond donors (Lipinski definition) is 0. The van der Waals surface area contributed by atoms with E-state index in [0.29, 0.717) is 0 Å². The maximum atomic E-state index is 2.32. The standard InChI is InChI=1S/C11H13P/c1-7-4-8(2)11(9(3)5-7)10-6-12-10/h4-6,12H,1-3H3. The lowest BCUT2D eigenvalue weighted by Gasteiger charge is -2.07. The van der Waals surface area contributed by atoms with E-state index in [4.69, 9.17) is 0 Å². The molecule has 0 N–H and O–H groups in total. The monoisotopic (exact) mass is 176 g/mol. The average Bonchev–Trinajstić information content (AvgIpc) is 2.68. The van der Waals surface area contributed by atoms with Gasteiger partial charge >= 0.3 is 0 Å². The molecule has 2 rings (SSSR count). The zero-order valence-corrected chi connectivity index (χ0v) is 8.73. The lowest BCUT2D eigenvalue weighted by molar-refractivity contribution is 1.30. The molecule has 1 heterocycles. The Hall–Kier alpha value is -0.610. The summed E-state index contributed by atoms with van der Waals surface area (Å²) >= 11 is 0. The fraction of sp³-hybridized carbons (Fsp3) is 0.273. The van der Waals surface area contributed by atoms with Crippen molar-refractivity contribution in [2.24, 2.45) is 0 Å². The molecular formula is C11H13P. The summed E-state index contributed by atoms with van der Waals surface area (Å²) < 4.78 is 0. The van der Waals surface area contributed by atoms with E-state index in [1.54, 1.807) is 5.31 Å². The second kappa shape index (κ2) is 2.71. The van der Waals surface area contributed by atoms with Crippen molar-refractivity contribution in [2.75, 3.05) is 0 Å². The van der Waals surface area contributed by atoms with Gasteiger partial charge in [-0.15, -0.1) is 0 Å². The van der Waals surface area contributed by atoms with Gasteiger partial charge in [-0.1, -0.05) is 32.1 Å². The molecule has 0 spiro atoms.